The number of nitrogens with one attached hydrogen (secondary N) is 1. The summed E-state index contributed by atoms with van der Waals surface area (Å²) in [5, 5.41) is 21.8. The normalized spacial score (nSPS) is 18.5. The van der Waals surface area contributed by atoms with Crippen molar-refractivity contribution in [2.45, 2.75) is 51.6 Å². The molecule has 144 valence electrons. The maximum atomic E-state index is 11.4. The molecule has 1 saturated carbocycles. The number of rotatable bonds is 10. The Bertz CT molecular complexity index is 631. The number of methoxy groups -OCH3 is 1. The van der Waals surface area contributed by atoms with Crippen LogP contribution in [-0.4, -0.2) is 41.9 Å². The van der Waals surface area contributed by atoms with Gasteiger partial charge in [0, 0.05) is 12.6 Å². The van der Waals surface area contributed by atoms with E-state index < -0.39 is 17.4 Å². The van der Waals surface area contributed by atoms with Gasteiger partial charge in [-0.25, -0.2) is 0 Å². The Labute approximate surface area is 153 Å². The highest BCUT2D eigenvalue weighted by Crippen LogP contribution is 2.39. The molecule has 0 spiro atoms. The molecule has 1 aliphatic carbocycles. The molecule has 2 rings (SSSR count). The quantitative estimate of drug-likeness (QED) is 0.432. The molecule has 0 heterocycles. The third-order valence-electron chi connectivity index (χ3n) is 4.91. The summed E-state index contributed by atoms with van der Waals surface area (Å²) in [6.45, 7) is 3.24. The summed E-state index contributed by atoms with van der Waals surface area (Å²) >= 11 is 0. The van der Waals surface area contributed by atoms with E-state index in [1.807, 2.05) is 18.2 Å². The fraction of sp³-hybridized carbons (Fsp3) is 0.579. The molecule has 1 unspecified atom stereocenters. The highest BCUT2D eigenvalue weighted by atomic mass is 16.5. The molecule has 0 saturated heterocycles. The van der Waals surface area contributed by atoms with Gasteiger partial charge in [0.05, 0.1) is 13.7 Å². The number of carboxylic acids is 2. The van der Waals surface area contributed by atoms with Crippen molar-refractivity contribution in [3.8, 4) is 11.5 Å². The fourth-order valence-corrected chi connectivity index (χ4v) is 3.23. The number of benzene rings is 1. The molecule has 0 aliphatic heterocycles. The van der Waals surface area contributed by atoms with E-state index >= 15 is 0 Å². The van der Waals surface area contributed by atoms with Gasteiger partial charge in [-0.1, -0.05) is 19.4 Å². The van der Waals surface area contributed by atoms with Gasteiger partial charge in [-0.2, -0.15) is 0 Å². The van der Waals surface area contributed by atoms with Gasteiger partial charge >= 0.3 is 11.9 Å². The molecular weight excluding hydrogens is 338 g/mol. The molecule has 0 amide bonds. The molecule has 0 radical (unpaired) electrons. The first-order chi connectivity index (χ1) is 12.4. The second kappa shape index (κ2) is 8.89. The molecule has 7 heteroatoms. The monoisotopic (exact) mass is 365 g/mol. The number of hydrogen-bond donors (Lipinski definition) is 3. The van der Waals surface area contributed by atoms with Crippen LogP contribution in [0.4, 0.5) is 0 Å². The van der Waals surface area contributed by atoms with Crippen molar-refractivity contribution in [3.63, 3.8) is 0 Å². The molecule has 0 bridgehead atoms. The summed E-state index contributed by atoms with van der Waals surface area (Å²) in [7, 11) is 1.59. The van der Waals surface area contributed by atoms with Gasteiger partial charge in [-0.05, 0) is 43.4 Å². The summed E-state index contributed by atoms with van der Waals surface area (Å²) in [5.74, 6) is -1.17. The first-order valence-electron chi connectivity index (χ1n) is 8.93. The average molecular weight is 365 g/mol. The lowest BCUT2D eigenvalue weighted by atomic mass is 9.86. The van der Waals surface area contributed by atoms with Gasteiger partial charge in [0.25, 0.3) is 0 Å². The summed E-state index contributed by atoms with van der Waals surface area (Å²) in [6.07, 6.45) is 2.78. The van der Waals surface area contributed by atoms with Gasteiger partial charge in [0.15, 0.2) is 16.9 Å². The lowest BCUT2D eigenvalue weighted by molar-refractivity contribution is -0.164. The minimum atomic E-state index is -1.67. The Morgan fingerprint density at radius 3 is 2.58 bits per heavy atom. The van der Waals surface area contributed by atoms with Gasteiger partial charge < -0.3 is 25.0 Å². The predicted molar refractivity (Wildman–Crippen MR) is 95.6 cm³/mol. The van der Waals surface area contributed by atoms with Crippen LogP contribution < -0.4 is 14.8 Å². The van der Waals surface area contributed by atoms with E-state index in [1.54, 1.807) is 7.11 Å². The Kier molecular flexibility index (Phi) is 6.85. The second-order valence-electron chi connectivity index (χ2n) is 6.70. The third-order valence-corrected chi connectivity index (χ3v) is 4.91. The van der Waals surface area contributed by atoms with Crippen LogP contribution in [0.1, 0.15) is 44.6 Å². The molecule has 1 aromatic carbocycles. The number of hydrogen-bond acceptors (Lipinski definition) is 5. The van der Waals surface area contributed by atoms with Crippen LogP contribution in [-0.2, 0) is 16.1 Å². The largest absolute Gasteiger partial charge is 0.493 e. The van der Waals surface area contributed by atoms with Gasteiger partial charge in [0.2, 0.25) is 0 Å². The van der Waals surface area contributed by atoms with Gasteiger partial charge in [0.1, 0.15) is 0 Å². The maximum absolute atomic E-state index is 11.4. The van der Waals surface area contributed by atoms with E-state index in [-0.39, 0.29) is 18.9 Å². The smallest absolute Gasteiger partial charge is 0.321 e. The second-order valence-corrected chi connectivity index (χ2v) is 6.70. The Morgan fingerprint density at radius 2 is 2.00 bits per heavy atom. The summed E-state index contributed by atoms with van der Waals surface area (Å²) in [4.78, 5) is 22.7. The SMILES string of the molecule is CCCCOc1ccc(CNC2CCC(C(=O)O)(C(=O)O)C2)cc1OC. The summed E-state index contributed by atoms with van der Waals surface area (Å²) in [5.41, 5.74) is -0.709. The fourth-order valence-electron chi connectivity index (χ4n) is 3.23. The zero-order valence-corrected chi connectivity index (χ0v) is 15.3. The molecule has 7 nitrogen and oxygen atoms in total. The minimum absolute atomic E-state index is 0.0903. The van der Waals surface area contributed by atoms with E-state index in [2.05, 4.69) is 12.2 Å². The van der Waals surface area contributed by atoms with E-state index in [0.717, 1.165) is 18.4 Å². The standard InChI is InChI=1S/C19H27NO6/c1-3-4-9-26-15-6-5-13(10-16(15)25-2)12-20-14-7-8-19(11-14,17(21)22)18(23)24/h5-6,10,14,20H,3-4,7-9,11-12H2,1-2H3,(H,21,22)(H,23,24). The predicted octanol–water partition coefficient (Wildman–Crippen LogP) is 2.67. The van der Waals surface area contributed by atoms with Crippen LogP contribution in [0.25, 0.3) is 0 Å². The molecule has 26 heavy (non-hydrogen) atoms. The van der Waals surface area contributed by atoms with Gasteiger partial charge in [-0.15, -0.1) is 0 Å². The van der Waals surface area contributed by atoms with Crippen LogP contribution in [0.3, 0.4) is 0 Å². The van der Waals surface area contributed by atoms with Crippen molar-refractivity contribution in [2.75, 3.05) is 13.7 Å². The van der Waals surface area contributed by atoms with Crippen molar-refractivity contribution in [1.82, 2.24) is 5.32 Å². The average Bonchev–Trinajstić information content (AvgIpc) is 3.07. The number of carbonyl (C=O) groups is 2. The Morgan fingerprint density at radius 1 is 1.27 bits per heavy atom. The number of aliphatic carboxylic acids is 2. The molecule has 1 aliphatic rings. The number of unbranched alkanes of at least 4 members (excludes halogenated alkanes) is 1. The van der Waals surface area contributed by atoms with Crippen LogP contribution in [0, 0.1) is 5.41 Å². The van der Waals surface area contributed by atoms with Crippen LogP contribution in [0.5, 0.6) is 11.5 Å². The van der Waals surface area contributed by atoms with Crippen molar-refractivity contribution in [1.29, 1.82) is 0 Å². The molecular formula is C19H27NO6. The van der Waals surface area contributed by atoms with Gasteiger partial charge in [-0.3, -0.25) is 9.59 Å². The minimum Gasteiger partial charge on any atom is -0.493 e. The lowest BCUT2D eigenvalue weighted by Gasteiger charge is -2.19. The van der Waals surface area contributed by atoms with Crippen molar-refractivity contribution >= 4 is 11.9 Å². The molecule has 3 N–H and O–H groups in total. The van der Waals surface area contributed by atoms with Crippen LogP contribution in [0.2, 0.25) is 0 Å². The van der Waals surface area contributed by atoms with Crippen molar-refractivity contribution in [2.24, 2.45) is 5.41 Å². The number of carboxylic acid groups (broad SMARTS) is 2. The van der Waals surface area contributed by atoms with Crippen molar-refractivity contribution < 1.29 is 29.3 Å². The first kappa shape index (κ1) is 20.0. The van der Waals surface area contributed by atoms with E-state index in [1.165, 1.54) is 0 Å². The van der Waals surface area contributed by atoms with E-state index in [9.17, 15) is 19.8 Å². The highest BCUT2D eigenvalue weighted by Gasteiger charge is 2.51. The molecule has 1 fully saturated rings. The molecule has 1 atom stereocenters. The van der Waals surface area contributed by atoms with E-state index in [0.29, 0.717) is 31.1 Å². The maximum Gasteiger partial charge on any atom is 0.321 e. The molecule has 1 aromatic rings. The van der Waals surface area contributed by atoms with Crippen LogP contribution in [0.15, 0.2) is 18.2 Å². The molecule has 0 aromatic heterocycles. The van der Waals surface area contributed by atoms with Crippen LogP contribution >= 0.6 is 0 Å². The summed E-state index contributed by atoms with van der Waals surface area (Å²) in [6, 6.07) is 5.52. The topological polar surface area (TPSA) is 105 Å². The van der Waals surface area contributed by atoms with Crippen molar-refractivity contribution in [3.05, 3.63) is 23.8 Å². The summed E-state index contributed by atoms with van der Waals surface area (Å²) < 4.78 is 11.1. The Balaban J connectivity index is 1.95. The van der Waals surface area contributed by atoms with E-state index in [4.69, 9.17) is 9.47 Å². The highest BCUT2D eigenvalue weighted by molar-refractivity contribution is 5.98. The number of ether oxygens (including phenoxy) is 2. The first-order valence-corrected chi connectivity index (χ1v) is 8.93. The lowest BCUT2D eigenvalue weighted by Crippen LogP contribution is -2.39. The third kappa shape index (κ3) is 4.46. The zero-order valence-electron chi connectivity index (χ0n) is 15.3. The zero-order chi connectivity index (χ0) is 19.2. The Hall–Kier alpha value is -2.28.